The van der Waals surface area contributed by atoms with Gasteiger partial charge in [0, 0.05) is 25.7 Å². The van der Waals surface area contributed by atoms with Crippen molar-refractivity contribution in [1.29, 1.82) is 0 Å². The maximum absolute atomic E-state index is 11.4. The van der Waals surface area contributed by atoms with Crippen molar-refractivity contribution in [2.24, 2.45) is 0 Å². The van der Waals surface area contributed by atoms with Gasteiger partial charge >= 0.3 is 0 Å². The summed E-state index contributed by atoms with van der Waals surface area (Å²) < 4.78 is 37.7. The van der Waals surface area contributed by atoms with Gasteiger partial charge in [-0.2, -0.15) is 8.42 Å². The van der Waals surface area contributed by atoms with E-state index in [9.17, 15) is 17.8 Å². The zero-order valence-electron chi connectivity index (χ0n) is 16.3. The monoisotopic (exact) mass is 406 g/mol. The fourth-order valence-electron chi connectivity index (χ4n) is 2.88. The predicted octanol–water partition coefficient (Wildman–Crippen LogP) is 3.71. The molecular formula is C20H26N2O5S. The van der Waals surface area contributed by atoms with Crippen LogP contribution >= 0.6 is 0 Å². The van der Waals surface area contributed by atoms with Crippen LogP contribution in [0.5, 0.6) is 5.75 Å². The highest BCUT2D eigenvalue weighted by Gasteiger charge is 2.16. The largest absolute Gasteiger partial charge is 0.495 e. The van der Waals surface area contributed by atoms with Gasteiger partial charge in [0.2, 0.25) is 5.91 Å². The quantitative estimate of drug-likeness (QED) is 0.617. The van der Waals surface area contributed by atoms with Crippen LogP contribution in [-0.4, -0.2) is 32.5 Å². The minimum atomic E-state index is -4.27. The number of ether oxygens (including phenoxy) is 1. The van der Waals surface area contributed by atoms with Gasteiger partial charge in [0.25, 0.3) is 10.1 Å². The van der Waals surface area contributed by atoms with Crippen LogP contribution in [0.3, 0.4) is 0 Å². The van der Waals surface area contributed by atoms with Gasteiger partial charge in [-0.3, -0.25) is 9.35 Å². The minimum absolute atomic E-state index is 0.139. The molecule has 0 saturated carbocycles. The second-order valence-electron chi connectivity index (χ2n) is 6.47. The molecule has 0 unspecified atom stereocenters. The number of anilines is 2. The first-order valence-corrected chi connectivity index (χ1v) is 10.5. The maximum Gasteiger partial charge on any atom is 0.294 e. The number of hydrogen-bond donors (Lipinski definition) is 2. The van der Waals surface area contributed by atoms with Gasteiger partial charge < -0.3 is 15.0 Å². The van der Waals surface area contributed by atoms with Gasteiger partial charge in [-0.25, -0.2) is 0 Å². The number of rotatable bonds is 9. The summed E-state index contributed by atoms with van der Waals surface area (Å²) in [6, 6.07) is 11.6. The van der Waals surface area contributed by atoms with Gasteiger partial charge in [0.1, 0.15) is 5.75 Å². The van der Waals surface area contributed by atoms with E-state index in [-0.39, 0.29) is 10.8 Å². The van der Waals surface area contributed by atoms with Crippen LogP contribution < -0.4 is 15.0 Å². The molecule has 0 aliphatic rings. The number of carbonyl (C=O) groups is 1. The van der Waals surface area contributed by atoms with Crippen LogP contribution in [0.1, 0.15) is 32.3 Å². The molecule has 0 aromatic heterocycles. The minimum Gasteiger partial charge on any atom is -0.495 e. The summed E-state index contributed by atoms with van der Waals surface area (Å²) in [6.45, 7) is 4.66. The summed E-state index contributed by atoms with van der Waals surface area (Å²) in [5, 5.41) is 2.77. The average Bonchev–Trinajstić information content (AvgIpc) is 2.64. The topological polar surface area (TPSA) is 95.9 Å². The molecule has 28 heavy (non-hydrogen) atoms. The summed E-state index contributed by atoms with van der Waals surface area (Å²) in [5.41, 5.74) is 2.18. The summed E-state index contributed by atoms with van der Waals surface area (Å²) in [5.74, 6) is 0.480. The molecule has 0 bridgehead atoms. The highest BCUT2D eigenvalue weighted by atomic mass is 32.2. The second kappa shape index (κ2) is 9.57. The number of amides is 1. The molecule has 0 aliphatic carbocycles. The van der Waals surface area contributed by atoms with Crippen LogP contribution in [-0.2, 0) is 21.5 Å². The van der Waals surface area contributed by atoms with Crippen LogP contribution in [0.25, 0.3) is 0 Å². The fourth-order valence-corrected chi connectivity index (χ4v) is 3.43. The lowest BCUT2D eigenvalue weighted by Crippen LogP contribution is -2.24. The molecule has 0 aliphatic heterocycles. The molecule has 152 valence electrons. The third kappa shape index (κ3) is 5.97. The van der Waals surface area contributed by atoms with E-state index in [1.165, 1.54) is 19.1 Å². The van der Waals surface area contributed by atoms with E-state index in [1.54, 1.807) is 31.4 Å². The lowest BCUT2D eigenvalue weighted by Gasteiger charge is -2.27. The molecule has 7 nitrogen and oxygen atoms in total. The first-order chi connectivity index (χ1) is 13.2. The van der Waals surface area contributed by atoms with E-state index in [1.807, 2.05) is 6.07 Å². The number of nitrogens with one attached hydrogen (secondary N) is 1. The Morgan fingerprint density at radius 1 is 1.21 bits per heavy atom. The predicted molar refractivity (Wildman–Crippen MR) is 110 cm³/mol. The fraction of sp³-hybridized carbons (Fsp3) is 0.350. The summed E-state index contributed by atoms with van der Waals surface area (Å²) >= 11 is 0. The summed E-state index contributed by atoms with van der Waals surface area (Å²) in [6.07, 6.45) is 1.90. The van der Waals surface area contributed by atoms with Crippen LogP contribution in [0.4, 0.5) is 11.4 Å². The third-order valence-corrected chi connectivity index (χ3v) is 5.04. The van der Waals surface area contributed by atoms with Gasteiger partial charge in [-0.05, 0) is 42.3 Å². The molecule has 1 amide bonds. The molecule has 0 fully saturated rings. The number of hydrogen-bond acceptors (Lipinski definition) is 5. The standard InChI is InChI=1S/C20H26N2O5S/c1-4-5-11-22(14-16-7-6-8-18(12-16)28(24,25)26)19-13-17(21-15(2)23)9-10-20(19)27-3/h6-10,12-13H,4-5,11,14H2,1-3H3,(H,21,23)(H,24,25,26). The number of unbranched alkanes of at least 4 members (excludes halogenated alkanes) is 1. The highest BCUT2D eigenvalue weighted by molar-refractivity contribution is 7.85. The maximum atomic E-state index is 11.4. The number of carbonyl (C=O) groups excluding carboxylic acids is 1. The Balaban J connectivity index is 2.42. The lowest BCUT2D eigenvalue weighted by molar-refractivity contribution is -0.114. The molecule has 0 atom stereocenters. The molecule has 0 radical (unpaired) electrons. The first-order valence-electron chi connectivity index (χ1n) is 9.01. The lowest BCUT2D eigenvalue weighted by atomic mass is 10.1. The van der Waals surface area contributed by atoms with Gasteiger partial charge in [-0.1, -0.05) is 25.5 Å². The van der Waals surface area contributed by atoms with Crippen LogP contribution in [0.2, 0.25) is 0 Å². The zero-order valence-corrected chi connectivity index (χ0v) is 17.1. The van der Waals surface area contributed by atoms with Crippen molar-refractivity contribution in [3.05, 3.63) is 48.0 Å². The van der Waals surface area contributed by atoms with Crippen molar-refractivity contribution < 1.29 is 22.5 Å². The Hall–Kier alpha value is -2.58. The van der Waals surface area contributed by atoms with Crippen LogP contribution in [0, 0.1) is 0 Å². The highest BCUT2D eigenvalue weighted by Crippen LogP contribution is 2.33. The summed E-state index contributed by atoms with van der Waals surface area (Å²) in [7, 11) is -2.69. The van der Waals surface area contributed by atoms with E-state index < -0.39 is 10.1 Å². The smallest absolute Gasteiger partial charge is 0.294 e. The molecule has 0 spiro atoms. The molecular weight excluding hydrogens is 380 g/mol. The van der Waals surface area contributed by atoms with Gasteiger partial charge in [0.05, 0.1) is 17.7 Å². The van der Waals surface area contributed by atoms with Crippen molar-refractivity contribution in [3.63, 3.8) is 0 Å². The van der Waals surface area contributed by atoms with Crippen molar-refractivity contribution >= 4 is 27.4 Å². The summed E-state index contributed by atoms with van der Waals surface area (Å²) in [4.78, 5) is 13.3. The SMILES string of the molecule is CCCCN(Cc1cccc(S(=O)(=O)O)c1)c1cc(NC(C)=O)ccc1OC. The molecule has 2 N–H and O–H groups in total. The van der Waals surface area contributed by atoms with Crippen molar-refractivity contribution in [2.75, 3.05) is 23.9 Å². The number of nitrogens with zero attached hydrogens (tertiary/aromatic N) is 1. The number of methoxy groups -OCH3 is 1. The first kappa shape index (κ1) is 21.7. The second-order valence-corrected chi connectivity index (χ2v) is 7.89. The Morgan fingerprint density at radius 2 is 1.96 bits per heavy atom. The molecule has 2 rings (SSSR count). The van der Waals surface area contributed by atoms with E-state index >= 15 is 0 Å². The Kier molecular flexibility index (Phi) is 7.42. The molecule has 8 heteroatoms. The van der Waals surface area contributed by atoms with E-state index in [2.05, 4.69) is 17.1 Å². The van der Waals surface area contributed by atoms with Crippen LogP contribution in [0.15, 0.2) is 47.4 Å². The average molecular weight is 407 g/mol. The Bertz CT molecular complexity index is 928. The normalized spacial score (nSPS) is 11.1. The van der Waals surface area contributed by atoms with E-state index in [4.69, 9.17) is 4.74 Å². The Labute approximate surface area is 166 Å². The third-order valence-electron chi connectivity index (χ3n) is 4.19. The zero-order chi connectivity index (χ0) is 20.7. The van der Waals surface area contributed by atoms with Gasteiger partial charge in [-0.15, -0.1) is 0 Å². The van der Waals surface area contributed by atoms with E-state index in [0.717, 1.165) is 24.1 Å². The van der Waals surface area contributed by atoms with E-state index in [0.29, 0.717) is 24.5 Å². The van der Waals surface area contributed by atoms with Crippen molar-refractivity contribution in [3.8, 4) is 5.75 Å². The Morgan fingerprint density at radius 3 is 2.57 bits per heavy atom. The van der Waals surface area contributed by atoms with Crippen molar-refractivity contribution in [2.45, 2.75) is 38.1 Å². The van der Waals surface area contributed by atoms with Crippen molar-refractivity contribution in [1.82, 2.24) is 0 Å². The molecule has 0 heterocycles. The molecule has 0 saturated heterocycles. The molecule has 2 aromatic carbocycles. The number of benzene rings is 2. The van der Waals surface area contributed by atoms with Gasteiger partial charge in [0.15, 0.2) is 0 Å². The molecule has 2 aromatic rings.